The number of aliphatic hydroxyl groups is 1. The molecule has 1 aromatic rings. The van der Waals surface area contributed by atoms with Crippen molar-refractivity contribution in [2.24, 2.45) is 0 Å². The monoisotopic (exact) mass is 640 g/mol. The van der Waals surface area contributed by atoms with Crippen LogP contribution in [0, 0.1) is 11.8 Å². The topological polar surface area (TPSA) is 218 Å². The summed E-state index contributed by atoms with van der Waals surface area (Å²) in [5.74, 6) is 2.20. The molecular formula is C31H36N4O11. The van der Waals surface area contributed by atoms with Gasteiger partial charge in [0.1, 0.15) is 18.8 Å². The van der Waals surface area contributed by atoms with Crippen molar-refractivity contribution >= 4 is 47.7 Å². The molecule has 3 unspecified atom stereocenters. The molecule has 2 aliphatic rings. The van der Waals surface area contributed by atoms with E-state index in [4.69, 9.17) is 9.47 Å². The summed E-state index contributed by atoms with van der Waals surface area (Å²) in [7, 11) is 0. The van der Waals surface area contributed by atoms with Crippen molar-refractivity contribution in [1.29, 1.82) is 0 Å². The number of nitrogens with zero attached hydrogens (tertiary/aromatic N) is 1. The Morgan fingerprint density at radius 1 is 1.11 bits per heavy atom. The van der Waals surface area contributed by atoms with Gasteiger partial charge in [0.15, 0.2) is 6.10 Å². The van der Waals surface area contributed by atoms with Crippen LogP contribution in [-0.4, -0.2) is 94.5 Å². The van der Waals surface area contributed by atoms with Crippen LogP contribution in [0.2, 0.25) is 0 Å². The molecule has 0 spiro atoms. The molecule has 4 atom stereocenters. The highest BCUT2D eigenvalue weighted by molar-refractivity contribution is 6.12. The van der Waals surface area contributed by atoms with Crippen molar-refractivity contribution in [3.05, 3.63) is 41.5 Å². The third-order valence-electron chi connectivity index (χ3n) is 7.03. The zero-order valence-electron chi connectivity index (χ0n) is 25.2. The molecule has 5 amide bonds. The Morgan fingerprint density at radius 2 is 1.85 bits per heavy atom. The number of carboxylic acid groups (broad SMARTS) is 1. The molecule has 2 heterocycles. The molecule has 1 saturated heterocycles. The molecule has 5 N–H and O–H groups in total. The second-order valence-electron chi connectivity index (χ2n) is 10.7. The average molecular weight is 641 g/mol. The second-order valence-corrected chi connectivity index (χ2v) is 10.7. The number of anilines is 1. The Balaban J connectivity index is 1.46. The van der Waals surface area contributed by atoms with Gasteiger partial charge in [-0.25, -0.2) is 4.79 Å². The molecule has 0 aromatic heterocycles. The number of benzene rings is 1. The number of nitrogens with one attached hydrogen (secondary N) is 3. The number of aliphatic hydroxyl groups excluding tert-OH is 1. The molecule has 46 heavy (non-hydrogen) atoms. The van der Waals surface area contributed by atoms with Crippen LogP contribution >= 0.6 is 0 Å². The first-order valence-corrected chi connectivity index (χ1v) is 14.6. The number of aliphatic carboxylic acids is 1. The highest BCUT2D eigenvalue weighted by Crippen LogP contribution is 2.21. The summed E-state index contributed by atoms with van der Waals surface area (Å²) in [5, 5.41) is 26.8. The lowest BCUT2D eigenvalue weighted by Crippen LogP contribution is -2.45. The molecule has 1 fully saturated rings. The minimum absolute atomic E-state index is 0.0539. The molecule has 3 rings (SSSR count). The van der Waals surface area contributed by atoms with E-state index in [0.29, 0.717) is 36.1 Å². The number of hydrogen-bond acceptors (Lipinski definition) is 10. The van der Waals surface area contributed by atoms with Gasteiger partial charge in [-0.2, -0.15) is 0 Å². The van der Waals surface area contributed by atoms with Crippen LogP contribution in [0.15, 0.2) is 30.4 Å². The number of ether oxygens (including phenoxy) is 2. The molecule has 0 saturated carbocycles. The predicted octanol–water partition coefficient (Wildman–Crippen LogP) is -0.251. The maximum absolute atomic E-state index is 12.8. The van der Waals surface area contributed by atoms with E-state index in [0.717, 1.165) is 4.90 Å². The Morgan fingerprint density at radius 3 is 2.54 bits per heavy atom. The Hall–Kier alpha value is -5.07. The number of amides is 5. The fraction of sp³-hybridized carbons (Fsp3) is 0.452. The van der Waals surface area contributed by atoms with Crippen molar-refractivity contribution in [3.63, 3.8) is 0 Å². The van der Waals surface area contributed by atoms with Crippen molar-refractivity contribution < 1.29 is 53.2 Å². The SMILES string of the molecule is CC(NC(=O)CNC(=O)CCCCCN1C(=O)C=CC1=O)C(=O)Nc1ccc(COC=O)c(C#C[C@H]2CC(O)CC(C(=O)O)O2)c1. The van der Waals surface area contributed by atoms with Crippen LogP contribution in [-0.2, 0) is 49.6 Å². The molecule has 0 aliphatic carbocycles. The average Bonchev–Trinajstić information content (AvgIpc) is 3.34. The van der Waals surface area contributed by atoms with Crippen molar-refractivity contribution in [2.75, 3.05) is 18.4 Å². The molecule has 0 bridgehead atoms. The first-order valence-electron chi connectivity index (χ1n) is 14.6. The minimum atomic E-state index is -1.21. The van der Waals surface area contributed by atoms with Crippen LogP contribution in [0.5, 0.6) is 0 Å². The second kappa shape index (κ2) is 17.4. The smallest absolute Gasteiger partial charge is 0.332 e. The number of unbranched alkanes of at least 4 members (excludes halogenated alkanes) is 2. The molecular weight excluding hydrogens is 604 g/mol. The zero-order chi connectivity index (χ0) is 33.6. The quantitative estimate of drug-likeness (QED) is 0.0729. The number of carbonyl (C=O) groups excluding carboxylic acids is 6. The Labute approximate surface area is 264 Å². The first kappa shape index (κ1) is 35.4. The zero-order valence-corrected chi connectivity index (χ0v) is 25.2. The maximum Gasteiger partial charge on any atom is 0.332 e. The predicted molar refractivity (Wildman–Crippen MR) is 159 cm³/mol. The van der Waals surface area contributed by atoms with Gasteiger partial charge in [-0.3, -0.25) is 33.7 Å². The molecule has 1 aromatic carbocycles. The van der Waals surface area contributed by atoms with Crippen LogP contribution in [0.4, 0.5) is 5.69 Å². The van der Waals surface area contributed by atoms with Crippen LogP contribution in [0.25, 0.3) is 0 Å². The van der Waals surface area contributed by atoms with Gasteiger partial charge in [0, 0.05) is 54.8 Å². The van der Waals surface area contributed by atoms with E-state index in [2.05, 4.69) is 27.8 Å². The van der Waals surface area contributed by atoms with Gasteiger partial charge in [0.2, 0.25) is 17.7 Å². The van der Waals surface area contributed by atoms with Gasteiger partial charge in [-0.1, -0.05) is 24.3 Å². The number of hydrogen-bond donors (Lipinski definition) is 5. The van der Waals surface area contributed by atoms with Gasteiger partial charge in [0.25, 0.3) is 18.3 Å². The lowest BCUT2D eigenvalue weighted by Gasteiger charge is -2.27. The number of imide groups is 1. The van der Waals surface area contributed by atoms with E-state index in [-0.39, 0.29) is 63.2 Å². The van der Waals surface area contributed by atoms with Crippen LogP contribution in [0.3, 0.4) is 0 Å². The summed E-state index contributed by atoms with van der Waals surface area (Å²) in [6, 6.07) is 3.64. The first-order chi connectivity index (χ1) is 22.0. The van der Waals surface area contributed by atoms with E-state index in [9.17, 15) is 43.8 Å². The van der Waals surface area contributed by atoms with E-state index in [1.807, 2.05) is 0 Å². The Bertz CT molecular complexity index is 1410. The van der Waals surface area contributed by atoms with E-state index >= 15 is 0 Å². The summed E-state index contributed by atoms with van der Waals surface area (Å²) >= 11 is 0. The maximum atomic E-state index is 12.8. The van der Waals surface area contributed by atoms with Gasteiger partial charge in [-0.15, -0.1) is 0 Å². The fourth-order valence-electron chi connectivity index (χ4n) is 4.59. The third kappa shape index (κ3) is 11.1. The van der Waals surface area contributed by atoms with E-state index < -0.39 is 42.1 Å². The lowest BCUT2D eigenvalue weighted by molar-refractivity contribution is -0.161. The normalized spacial score (nSPS) is 19.4. The number of rotatable bonds is 15. The van der Waals surface area contributed by atoms with Gasteiger partial charge < -0.3 is 35.6 Å². The Kier molecular flexibility index (Phi) is 13.4. The van der Waals surface area contributed by atoms with E-state index in [1.54, 1.807) is 12.1 Å². The van der Waals surface area contributed by atoms with Crippen molar-refractivity contribution in [3.8, 4) is 11.8 Å². The molecule has 15 nitrogen and oxygen atoms in total. The summed E-state index contributed by atoms with van der Waals surface area (Å²) in [4.78, 5) is 83.4. The molecule has 2 aliphatic heterocycles. The molecule has 15 heteroatoms. The number of carbonyl (C=O) groups is 7. The van der Waals surface area contributed by atoms with Crippen molar-refractivity contribution in [2.45, 2.75) is 76.4 Å². The van der Waals surface area contributed by atoms with Crippen molar-refractivity contribution in [1.82, 2.24) is 15.5 Å². The fourth-order valence-corrected chi connectivity index (χ4v) is 4.59. The summed E-state index contributed by atoms with van der Waals surface area (Å²) < 4.78 is 10.3. The molecule has 0 radical (unpaired) electrons. The highest BCUT2D eigenvalue weighted by atomic mass is 16.5. The summed E-state index contributed by atoms with van der Waals surface area (Å²) in [6.07, 6.45) is 1.32. The summed E-state index contributed by atoms with van der Waals surface area (Å²) in [6.45, 7) is 1.53. The van der Waals surface area contributed by atoms with Gasteiger partial charge in [-0.05, 0) is 31.9 Å². The molecule has 246 valence electrons. The van der Waals surface area contributed by atoms with Crippen LogP contribution in [0.1, 0.15) is 56.6 Å². The summed E-state index contributed by atoms with van der Waals surface area (Å²) in [5.41, 5.74) is 1.15. The standard InChI is InChI=1S/C31H36N4O11/c1-19(33-27(39)16-32-26(38)5-3-2-4-12-35-28(40)10-11-29(35)41)30(42)34-22-8-6-21(17-45-18-36)20(13-22)7-9-24-14-23(37)15-25(46-24)31(43)44/h6,8,10-11,13,18-19,23-25,37H,2-5,12,14-17H2,1H3,(H,32,38)(H,33,39)(H,34,42)(H,43,44)/t19?,23?,24-,25?/m0/s1. The minimum Gasteiger partial charge on any atom is -0.479 e. The highest BCUT2D eigenvalue weighted by Gasteiger charge is 2.32. The number of carboxylic acids is 1. The van der Waals surface area contributed by atoms with Gasteiger partial charge in [0.05, 0.1) is 12.6 Å². The van der Waals surface area contributed by atoms with Gasteiger partial charge >= 0.3 is 5.97 Å². The van der Waals surface area contributed by atoms with Crippen LogP contribution < -0.4 is 16.0 Å². The van der Waals surface area contributed by atoms with E-state index in [1.165, 1.54) is 25.1 Å². The lowest BCUT2D eigenvalue weighted by atomic mass is 10.0. The third-order valence-corrected chi connectivity index (χ3v) is 7.03. The largest absolute Gasteiger partial charge is 0.479 e.